The quantitative estimate of drug-likeness (QED) is 0.623. The third-order valence-corrected chi connectivity index (χ3v) is 4.58. The Balaban J connectivity index is 2.12. The van der Waals surface area contributed by atoms with Gasteiger partial charge >= 0.3 is 0 Å². The second-order valence-electron chi connectivity index (χ2n) is 7.59. The van der Waals surface area contributed by atoms with Crippen molar-refractivity contribution in [1.29, 1.82) is 0 Å². The molecule has 0 aromatic carbocycles. The summed E-state index contributed by atoms with van der Waals surface area (Å²) in [5, 5.41) is 10.4. The Labute approximate surface area is 128 Å². The van der Waals surface area contributed by atoms with Crippen LogP contribution in [0, 0.1) is 35.0 Å². The summed E-state index contributed by atoms with van der Waals surface area (Å²) < 4.78 is 0. The summed E-state index contributed by atoms with van der Waals surface area (Å²) in [4.78, 5) is 11.7. The van der Waals surface area contributed by atoms with Gasteiger partial charge in [-0.1, -0.05) is 44.3 Å². The van der Waals surface area contributed by atoms with Gasteiger partial charge in [0.2, 0.25) is 0 Å². The third-order valence-electron chi connectivity index (χ3n) is 4.58. The largest absolute Gasteiger partial charge is 0.374 e. The molecule has 2 aliphatic carbocycles. The molecule has 4 atom stereocenters. The Kier molecular flexibility index (Phi) is 4.17. The van der Waals surface area contributed by atoms with E-state index < -0.39 is 5.60 Å². The maximum absolute atomic E-state index is 11.7. The van der Waals surface area contributed by atoms with Gasteiger partial charge in [0.15, 0.2) is 5.78 Å². The van der Waals surface area contributed by atoms with E-state index in [4.69, 9.17) is 0 Å². The molecule has 0 spiro atoms. The van der Waals surface area contributed by atoms with Gasteiger partial charge in [0, 0.05) is 18.3 Å². The molecular weight excluding hydrogens is 260 g/mol. The molecule has 0 heterocycles. The van der Waals surface area contributed by atoms with Crippen LogP contribution in [0.3, 0.4) is 0 Å². The minimum Gasteiger partial charge on any atom is -0.374 e. The van der Waals surface area contributed by atoms with Gasteiger partial charge in [-0.15, -0.1) is 0 Å². The Morgan fingerprint density at radius 3 is 2.62 bits per heavy atom. The van der Waals surface area contributed by atoms with E-state index in [1.807, 2.05) is 13.0 Å². The third kappa shape index (κ3) is 4.08. The van der Waals surface area contributed by atoms with Crippen molar-refractivity contribution in [2.75, 3.05) is 0 Å². The average molecular weight is 286 g/mol. The van der Waals surface area contributed by atoms with Crippen molar-refractivity contribution >= 4 is 5.78 Å². The Bertz CT molecular complexity index is 552. The molecule has 0 aromatic heterocycles. The van der Waals surface area contributed by atoms with Crippen molar-refractivity contribution in [2.24, 2.45) is 23.2 Å². The van der Waals surface area contributed by atoms with E-state index in [9.17, 15) is 9.90 Å². The standard InChI is InChI=1S/C19H26O2/c1-13-10-15(13)6-8-19(5,21)9-7-17-14(2)11-16(20)12-18(17,3)4/h7,9,11,13,15,17,21H,10,12H2,1-5H3/b9-7+/t13?,15-,17?,19?/m1/s1. The van der Waals surface area contributed by atoms with Crippen molar-refractivity contribution in [3.63, 3.8) is 0 Å². The van der Waals surface area contributed by atoms with Crippen molar-refractivity contribution in [1.82, 2.24) is 0 Å². The van der Waals surface area contributed by atoms with Crippen LogP contribution in [0.15, 0.2) is 23.8 Å². The van der Waals surface area contributed by atoms with Gasteiger partial charge in [0.05, 0.1) is 0 Å². The monoisotopic (exact) mass is 286 g/mol. The second kappa shape index (κ2) is 5.46. The molecule has 0 amide bonds. The number of carbonyl (C=O) groups is 1. The Morgan fingerprint density at radius 1 is 1.48 bits per heavy atom. The van der Waals surface area contributed by atoms with Crippen LogP contribution >= 0.6 is 0 Å². The summed E-state index contributed by atoms with van der Waals surface area (Å²) in [6.07, 6.45) is 7.22. The van der Waals surface area contributed by atoms with E-state index in [0.717, 1.165) is 12.0 Å². The van der Waals surface area contributed by atoms with Crippen molar-refractivity contribution in [3.05, 3.63) is 23.8 Å². The number of rotatable bonds is 2. The maximum Gasteiger partial charge on any atom is 0.156 e. The van der Waals surface area contributed by atoms with Gasteiger partial charge in [-0.25, -0.2) is 0 Å². The molecule has 21 heavy (non-hydrogen) atoms. The molecular formula is C19H26O2. The van der Waals surface area contributed by atoms with Crippen molar-refractivity contribution in [3.8, 4) is 11.8 Å². The van der Waals surface area contributed by atoms with Crippen molar-refractivity contribution < 1.29 is 9.90 Å². The fourth-order valence-corrected chi connectivity index (χ4v) is 3.07. The van der Waals surface area contributed by atoms with Gasteiger partial charge in [0.1, 0.15) is 5.60 Å². The smallest absolute Gasteiger partial charge is 0.156 e. The molecule has 1 saturated carbocycles. The molecule has 0 bridgehead atoms. The fourth-order valence-electron chi connectivity index (χ4n) is 3.07. The topological polar surface area (TPSA) is 37.3 Å². The van der Waals surface area contributed by atoms with E-state index in [0.29, 0.717) is 18.3 Å². The molecule has 114 valence electrons. The number of hydrogen-bond donors (Lipinski definition) is 1. The first kappa shape index (κ1) is 16.0. The molecule has 2 rings (SSSR count). The van der Waals surface area contributed by atoms with Crippen LogP contribution in [-0.4, -0.2) is 16.5 Å². The summed E-state index contributed by atoms with van der Waals surface area (Å²) in [7, 11) is 0. The van der Waals surface area contributed by atoms with Crippen molar-refractivity contribution in [2.45, 2.75) is 53.1 Å². The minimum atomic E-state index is -1.10. The van der Waals surface area contributed by atoms with Gasteiger partial charge < -0.3 is 5.11 Å². The van der Waals surface area contributed by atoms with Crippen LogP contribution in [0.1, 0.15) is 47.5 Å². The summed E-state index contributed by atoms with van der Waals surface area (Å²) >= 11 is 0. The van der Waals surface area contributed by atoms with Crippen LogP contribution in [-0.2, 0) is 4.79 Å². The molecule has 0 aliphatic heterocycles. The van der Waals surface area contributed by atoms with E-state index in [1.165, 1.54) is 0 Å². The highest BCUT2D eigenvalue weighted by atomic mass is 16.3. The molecule has 0 saturated heterocycles. The zero-order valence-corrected chi connectivity index (χ0v) is 13.7. The summed E-state index contributed by atoms with van der Waals surface area (Å²) in [5.74, 6) is 7.61. The minimum absolute atomic E-state index is 0.110. The first-order valence-electron chi connectivity index (χ1n) is 7.76. The Morgan fingerprint density at radius 2 is 2.10 bits per heavy atom. The molecule has 2 nitrogen and oxygen atoms in total. The number of allylic oxidation sites excluding steroid dienone is 3. The molecule has 1 fully saturated rings. The SMILES string of the molecule is CC1=CC(=O)CC(C)(C)C1/C=C/C(C)(O)C#C[C@@H]1CC1C. The first-order chi connectivity index (χ1) is 9.61. The van der Waals surface area contributed by atoms with Gasteiger partial charge in [-0.2, -0.15) is 0 Å². The fraction of sp³-hybridized carbons (Fsp3) is 0.632. The number of aliphatic hydroxyl groups is 1. The first-order valence-corrected chi connectivity index (χ1v) is 7.76. The molecule has 2 aliphatic rings. The number of hydrogen-bond acceptors (Lipinski definition) is 2. The van der Waals surface area contributed by atoms with Gasteiger partial charge in [-0.3, -0.25) is 4.79 Å². The normalized spacial score (nSPS) is 33.9. The molecule has 0 aromatic rings. The van der Waals surface area contributed by atoms with Gasteiger partial charge in [0.25, 0.3) is 0 Å². The number of ketones is 1. The zero-order chi connectivity index (χ0) is 15.8. The highest BCUT2D eigenvalue weighted by molar-refractivity contribution is 5.92. The summed E-state index contributed by atoms with van der Waals surface area (Å²) in [6.45, 7) is 10.1. The van der Waals surface area contributed by atoms with Crippen LogP contribution in [0.25, 0.3) is 0 Å². The van der Waals surface area contributed by atoms with Crippen LogP contribution in [0.4, 0.5) is 0 Å². The van der Waals surface area contributed by atoms with E-state index >= 15 is 0 Å². The lowest BCUT2D eigenvalue weighted by atomic mass is 9.68. The second-order valence-corrected chi connectivity index (χ2v) is 7.59. The lowest BCUT2D eigenvalue weighted by Crippen LogP contribution is -2.31. The lowest BCUT2D eigenvalue weighted by Gasteiger charge is -2.36. The predicted octanol–water partition coefficient (Wildman–Crippen LogP) is 3.51. The molecule has 3 unspecified atom stereocenters. The summed E-state index contributed by atoms with van der Waals surface area (Å²) in [5.41, 5.74) is -0.145. The van der Waals surface area contributed by atoms with Crippen LogP contribution in [0.2, 0.25) is 0 Å². The van der Waals surface area contributed by atoms with E-state index in [1.54, 1.807) is 19.1 Å². The molecule has 0 radical (unpaired) electrons. The van der Waals surface area contributed by atoms with Crippen LogP contribution < -0.4 is 0 Å². The predicted molar refractivity (Wildman–Crippen MR) is 85.5 cm³/mol. The summed E-state index contributed by atoms with van der Waals surface area (Å²) in [6, 6.07) is 0. The zero-order valence-electron chi connectivity index (χ0n) is 13.7. The maximum atomic E-state index is 11.7. The highest BCUT2D eigenvalue weighted by Gasteiger charge is 2.35. The molecule has 2 heteroatoms. The lowest BCUT2D eigenvalue weighted by molar-refractivity contribution is -0.117. The van der Waals surface area contributed by atoms with Crippen LogP contribution in [0.5, 0.6) is 0 Å². The molecule has 1 N–H and O–H groups in total. The van der Waals surface area contributed by atoms with E-state index in [-0.39, 0.29) is 17.1 Å². The highest BCUT2D eigenvalue weighted by Crippen LogP contribution is 2.40. The van der Waals surface area contributed by atoms with E-state index in [2.05, 4.69) is 32.6 Å². The van der Waals surface area contributed by atoms with Gasteiger partial charge in [-0.05, 0) is 43.8 Å². The number of carbonyl (C=O) groups excluding carboxylic acids is 1. The Hall–Kier alpha value is -1.33. The average Bonchev–Trinajstić information content (AvgIpc) is 3.00.